The average molecular weight is 491 g/mol. The fourth-order valence-corrected chi connectivity index (χ4v) is 5.78. The highest BCUT2D eigenvalue weighted by Crippen LogP contribution is 2.41. The van der Waals surface area contributed by atoms with Crippen LogP contribution >= 0.6 is 0 Å². The van der Waals surface area contributed by atoms with Crippen molar-refractivity contribution in [3.8, 4) is 17.5 Å². The van der Waals surface area contributed by atoms with Crippen molar-refractivity contribution in [2.24, 2.45) is 0 Å². The number of hydrogen-bond donors (Lipinski definition) is 1. The molecule has 3 aromatic rings. The van der Waals surface area contributed by atoms with Gasteiger partial charge in [-0.2, -0.15) is 5.26 Å². The fourth-order valence-electron chi connectivity index (χ4n) is 4.61. The summed E-state index contributed by atoms with van der Waals surface area (Å²) >= 11 is 0. The summed E-state index contributed by atoms with van der Waals surface area (Å²) in [5, 5.41) is 10.7. The van der Waals surface area contributed by atoms with E-state index in [-0.39, 0.29) is 17.4 Å². The SMILES string of the molecule is C[C@@H](CF)NS(=O)(=O)c1ccc(-c2c(C#N)c3ccc(CC(F)F)cc3n2C2CCCC2)nc1. The van der Waals surface area contributed by atoms with Crippen LogP contribution in [0.15, 0.2) is 41.4 Å². The fraction of sp³-hybridized carbons (Fsp3) is 0.417. The highest BCUT2D eigenvalue weighted by atomic mass is 32.2. The number of alkyl halides is 3. The van der Waals surface area contributed by atoms with E-state index in [1.165, 1.54) is 25.3 Å². The first-order chi connectivity index (χ1) is 16.2. The molecular formula is C24H25F3N4O2S. The molecule has 0 saturated heterocycles. The van der Waals surface area contributed by atoms with E-state index in [9.17, 15) is 26.9 Å². The molecule has 0 amide bonds. The number of benzene rings is 1. The number of nitrogens with one attached hydrogen (secondary N) is 1. The van der Waals surface area contributed by atoms with E-state index in [2.05, 4.69) is 15.8 Å². The third-order valence-corrected chi connectivity index (χ3v) is 7.71. The molecule has 0 aliphatic heterocycles. The minimum Gasteiger partial charge on any atom is -0.335 e. The number of hydrogen-bond acceptors (Lipinski definition) is 4. The van der Waals surface area contributed by atoms with Crippen molar-refractivity contribution in [2.45, 2.75) is 62.4 Å². The summed E-state index contributed by atoms with van der Waals surface area (Å²) in [5.74, 6) is 0. The smallest absolute Gasteiger partial charge is 0.242 e. The predicted molar refractivity (Wildman–Crippen MR) is 123 cm³/mol. The lowest BCUT2D eigenvalue weighted by molar-refractivity contribution is 0.149. The van der Waals surface area contributed by atoms with E-state index in [0.717, 1.165) is 25.7 Å². The van der Waals surface area contributed by atoms with E-state index < -0.39 is 29.2 Å². The standard InChI is InChI=1S/C24H25F3N4O2S/c1-15(12-25)30-34(32,33)18-7-9-21(29-14-18)24-20(13-28)19-8-6-16(11-23(26)27)10-22(19)31(24)17-4-2-3-5-17/h6-10,14-15,17,23,30H,2-5,11-12H2,1H3/t15-/m0/s1. The zero-order valence-electron chi connectivity index (χ0n) is 18.6. The van der Waals surface area contributed by atoms with Crippen molar-refractivity contribution in [3.05, 3.63) is 47.7 Å². The molecule has 1 aromatic carbocycles. The van der Waals surface area contributed by atoms with Gasteiger partial charge >= 0.3 is 0 Å². The number of halogens is 3. The quantitative estimate of drug-likeness (QED) is 0.474. The maximum absolute atomic E-state index is 13.0. The van der Waals surface area contributed by atoms with Gasteiger partial charge in [-0.25, -0.2) is 26.3 Å². The van der Waals surface area contributed by atoms with Crippen LogP contribution in [0, 0.1) is 11.3 Å². The highest BCUT2D eigenvalue weighted by molar-refractivity contribution is 7.89. The summed E-state index contributed by atoms with van der Waals surface area (Å²) < 4.78 is 68.0. The number of fused-ring (bicyclic) bond motifs is 1. The van der Waals surface area contributed by atoms with Crippen LogP contribution in [0.5, 0.6) is 0 Å². The molecule has 1 atom stereocenters. The number of nitrogens with zero attached hydrogens (tertiary/aromatic N) is 3. The van der Waals surface area contributed by atoms with Gasteiger partial charge in [-0.15, -0.1) is 0 Å². The summed E-state index contributed by atoms with van der Waals surface area (Å²) in [6, 6.07) is 9.36. The van der Waals surface area contributed by atoms with E-state index in [0.29, 0.717) is 33.4 Å². The van der Waals surface area contributed by atoms with Gasteiger partial charge in [-0.05, 0) is 43.5 Å². The monoisotopic (exact) mass is 490 g/mol. The zero-order chi connectivity index (χ0) is 24.5. The van der Waals surface area contributed by atoms with Gasteiger partial charge < -0.3 is 4.57 Å². The molecule has 4 rings (SSSR count). The summed E-state index contributed by atoms with van der Waals surface area (Å²) in [4.78, 5) is 4.24. The molecule has 1 N–H and O–H groups in total. The van der Waals surface area contributed by atoms with Crippen molar-refractivity contribution in [1.82, 2.24) is 14.3 Å². The van der Waals surface area contributed by atoms with Crippen molar-refractivity contribution in [2.75, 3.05) is 6.67 Å². The normalized spacial score (nSPS) is 15.8. The van der Waals surface area contributed by atoms with Crippen molar-refractivity contribution in [1.29, 1.82) is 5.26 Å². The maximum Gasteiger partial charge on any atom is 0.242 e. The van der Waals surface area contributed by atoms with E-state index in [1.54, 1.807) is 18.2 Å². The predicted octanol–water partition coefficient (Wildman–Crippen LogP) is 5.13. The largest absolute Gasteiger partial charge is 0.335 e. The molecule has 10 heteroatoms. The number of nitriles is 1. The zero-order valence-corrected chi connectivity index (χ0v) is 19.5. The summed E-state index contributed by atoms with van der Waals surface area (Å²) in [7, 11) is -3.95. The topological polar surface area (TPSA) is 87.8 Å². The number of aromatic nitrogens is 2. The molecule has 2 aromatic heterocycles. The summed E-state index contributed by atoms with van der Waals surface area (Å²) in [6.07, 6.45) is 2.14. The second kappa shape index (κ2) is 9.76. The van der Waals surface area contributed by atoms with E-state index >= 15 is 0 Å². The first-order valence-corrected chi connectivity index (χ1v) is 12.6. The van der Waals surface area contributed by atoms with Gasteiger partial charge in [0.2, 0.25) is 16.4 Å². The van der Waals surface area contributed by atoms with Crippen LogP contribution in [-0.4, -0.2) is 37.1 Å². The molecule has 1 aliphatic rings. The van der Waals surface area contributed by atoms with E-state index in [4.69, 9.17) is 0 Å². The number of pyridine rings is 1. The number of rotatable bonds is 8. The van der Waals surface area contributed by atoms with E-state index in [1.807, 2.05) is 4.57 Å². The second-order valence-electron chi connectivity index (χ2n) is 8.65. The Labute approximate surface area is 196 Å². The van der Waals surface area contributed by atoms with Crippen molar-refractivity contribution >= 4 is 20.9 Å². The lowest BCUT2D eigenvalue weighted by Crippen LogP contribution is -2.34. The van der Waals surface area contributed by atoms with Gasteiger partial charge in [0.1, 0.15) is 17.6 Å². The molecule has 1 aliphatic carbocycles. The lowest BCUT2D eigenvalue weighted by Gasteiger charge is -2.18. The van der Waals surface area contributed by atoms with Crippen LogP contribution < -0.4 is 4.72 Å². The van der Waals surface area contributed by atoms with Crippen LogP contribution in [0.3, 0.4) is 0 Å². The van der Waals surface area contributed by atoms with Gasteiger partial charge in [0.15, 0.2) is 0 Å². The van der Waals surface area contributed by atoms with Crippen molar-refractivity contribution in [3.63, 3.8) is 0 Å². The Kier molecular flexibility index (Phi) is 6.96. The third-order valence-electron chi connectivity index (χ3n) is 6.14. The highest BCUT2D eigenvalue weighted by Gasteiger charge is 2.27. The first-order valence-electron chi connectivity index (χ1n) is 11.1. The van der Waals surface area contributed by atoms with Crippen LogP contribution in [0.25, 0.3) is 22.3 Å². The molecule has 0 spiro atoms. The Hall–Kier alpha value is -2.90. The minimum absolute atomic E-state index is 0.0821. The summed E-state index contributed by atoms with van der Waals surface area (Å²) in [5.41, 5.74) is 2.52. The molecule has 180 valence electrons. The van der Waals surface area contributed by atoms with Crippen LogP contribution in [0.2, 0.25) is 0 Å². The van der Waals surface area contributed by atoms with Gasteiger partial charge in [0.05, 0.1) is 22.5 Å². The Morgan fingerprint density at radius 3 is 2.56 bits per heavy atom. The Bertz CT molecular complexity index is 1320. The molecule has 0 bridgehead atoms. The third kappa shape index (κ3) is 4.68. The Morgan fingerprint density at radius 1 is 1.24 bits per heavy atom. The minimum atomic E-state index is -3.95. The molecule has 0 radical (unpaired) electrons. The summed E-state index contributed by atoms with van der Waals surface area (Å²) in [6.45, 7) is 0.576. The second-order valence-corrected chi connectivity index (χ2v) is 10.4. The molecule has 1 saturated carbocycles. The molecule has 1 fully saturated rings. The molecular weight excluding hydrogens is 465 g/mol. The van der Waals surface area contributed by atoms with Crippen LogP contribution in [-0.2, 0) is 16.4 Å². The van der Waals surface area contributed by atoms with Gasteiger partial charge in [-0.3, -0.25) is 4.98 Å². The van der Waals surface area contributed by atoms with Gasteiger partial charge in [0.25, 0.3) is 0 Å². The lowest BCUT2D eigenvalue weighted by atomic mass is 10.1. The molecule has 6 nitrogen and oxygen atoms in total. The number of sulfonamides is 1. The Balaban J connectivity index is 1.86. The molecule has 34 heavy (non-hydrogen) atoms. The Morgan fingerprint density at radius 2 is 1.97 bits per heavy atom. The first kappa shape index (κ1) is 24.2. The van der Waals surface area contributed by atoms with Crippen molar-refractivity contribution < 1.29 is 21.6 Å². The van der Waals surface area contributed by atoms with Gasteiger partial charge in [-0.1, -0.05) is 25.0 Å². The average Bonchev–Trinajstić information content (AvgIpc) is 3.43. The molecule has 2 heterocycles. The van der Waals surface area contributed by atoms with Crippen LogP contribution in [0.4, 0.5) is 13.2 Å². The molecule has 0 unspecified atom stereocenters. The maximum atomic E-state index is 13.0. The van der Waals surface area contributed by atoms with Crippen LogP contribution in [0.1, 0.15) is 49.8 Å². The van der Waals surface area contributed by atoms with Gasteiger partial charge in [0, 0.05) is 30.1 Å².